The number of carbonyl (C=O) groups is 2. The monoisotopic (exact) mass is 334 g/mol. The zero-order chi connectivity index (χ0) is 17.0. The number of amides is 1. The summed E-state index contributed by atoms with van der Waals surface area (Å²) in [4.78, 5) is 28.0. The third kappa shape index (κ3) is 4.81. The highest BCUT2D eigenvalue weighted by molar-refractivity contribution is 5.94. The molecule has 0 saturated carbocycles. The first-order chi connectivity index (χ1) is 10.8. The molecular formula is C13H13F3N2O5. The Hall–Kier alpha value is -2.36. The van der Waals surface area contributed by atoms with Gasteiger partial charge in [0, 0.05) is 18.8 Å². The summed E-state index contributed by atoms with van der Waals surface area (Å²) >= 11 is 0. The number of aromatic nitrogens is 1. The highest BCUT2D eigenvalue weighted by Crippen LogP contribution is 2.18. The summed E-state index contributed by atoms with van der Waals surface area (Å²) in [5.41, 5.74) is 0.121. The number of pyridine rings is 1. The maximum atomic E-state index is 12.2. The molecule has 7 nitrogen and oxygen atoms in total. The maximum Gasteiger partial charge on any atom is 0.422 e. The van der Waals surface area contributed by atoms with Crippen molar-refractivity contribution >= 4 is 11.9 Å². The van der Waals surface area contributed by atoms with Gasteiger partial charge in [0.2, 0.25) is 5.88 Å². The number of carboxylic acids is 1. The van der Waals surface area contributed by atoms with E-state index in [0.717, 1.165) is 12.3 Å². The molecule has 1 saturated heterocycles. The molecule has 10 heteroatoms. The summed E-state index contributed by atoms with van der Waals surface area (Å²) in [5, 5.41) is 8.89. The molecule has 1 unspecified atom stereocenters. The van der Waals surface area contributed by atoms with E-state index in [9.17, 15) is 22.8 Å². The second-order valence-corrected chi connectivity index (χ2v) is 4.74. The van der Waals surface area contributed by atoms with Gasteiger partial charge in [0.05, 0.1) is 18.7 Å². The highest BCUT2D eigenvalue weighted by Gasteiger charge is 2.30. The maximum absolute atomic E-state index is 12.2. The van der Waals surface area contributed by atoms with Crippen LogP contribution in [0, 0.1) is 0 Å². The van der Waals surface area contributed by atoms with Gasteiger partial charge in [-0.15, -0.1) is 0 Å². The number of aliphatic carboxylic acids is 1. The average molecular weight is 334 g/mol. The van der Waals surface area contributed by atoms with E-state index in [2.05, 4.69) is 9.72 Å². The van der Waals surface area contributed by atoms with Crippen molar-refractivity contribution in [1.29, 1.82) is 0 Å². The fourth-order valence-electron chi connectivity index (χ4n) is 1.91. The van der Waals surface area contributed by atoms with E-state index in [-0.39, 0.29) is 31.1 Å². The van der Waals surface area contributed by atoms with Gasteiger partial charge in [0.15, 0.2) is 12.7 Å². The zero-order valence-corrected chi connectivity index (χ0v) is 11.7. The first kappa shape index (κ1) is 17.0. The van der Waals surface area contributed by atoms with Crippen molar-refractivity contribution in [2.75, 3.05) is 26.3 Å². The normalized spacial score (nSPS) is 18.6. The second kappa shape index (κ2) is 6.82. The topological polar surface area (TPSA) is 89.0 Å². The quantitative estimate of drug-likeness (QED) is 0.882. The first-order valence-electron chi connectivity index (χ1n) is 6.55. The van der Waals surface area contributed by atoms with Crippen LogP contribution in [0.1, 0.15) is 10.4 Å². The van der Waals surface area contributed by atoms with E-state index in [1.165, 1.54) is 11.0 Å². The smallest absolute Gasteiger partial charge is 0.422 e. The highest BCUT2D eigenvalue weighted by atomic mass is 19.4. The molecule has 0 radical (unpaired) electrons. The van der Waals surface area contributed by atoms with Crippen LogP contribution >= 0.6 is 0 Å². The third-order valence-electron chi connectivity index (χ3n) is 3.00. The van der Waals surface area contributed by atoms with E-state index in [4.69, 9.17) is 9.84 Å². The van der Waals surface area contributed by atoms with E-state index < -0.39 is 30.8 Å². The van der Waals surface area contributed by atoms with Crippen LogP contribution in [0.2, 0.25) is 0 Å². The van der Waals surface area contributed by atoms with Crippen molar-refractivity contribution in [2.24, 2.45) is 0 Å². The summed E-state index contributed by atoms with van der Waals surface area (Å²) in [5.74, 6) is -1.91. The molecule has 2 rings (SSSR count). The van der Waals surface area contributed by atoms with Crippen LogP contribution in [0.5, 0.6) is 5.88 Å². The van der Waals surface area contributed by atoms with Gasteiger partial charge in [0.1, 0.15) is 0 Å². The Kier molecular flexibility index (Phi) is 5.04. The number of hydrogen-bond donors (Lipinski definition) is 1. The van der Waals surface area contributed by atoms with Gasteiger partial charge >= 0.3 is 12.1 Å². The number of rotatable bonds is 4. The number of halogens is 3. The number of hydrogen-bond acceptors (Lipinski definition) is 5. The summed E-state index contributed by atoms with van der Waals surface area (Å²) in [6, 6.07) is 2.42. The van der Waals surface area contributed by atoms with E-state index >= 15 is 0 Å². The minimum Gasteiger partial charge on any atom is -0.479 e. The largest absolute Gasteiger partial charge is 0.479 e. The number of carbonyl (C=O) groups excluding carboxylic acids is 1. The van der Waals surface area contributed by atoms with Crippen LogP contribution in [0.15, 0.2) is 18.3 Å². The molecule has 2 heterocycles. The first-order valence-corrected chi connectivity index (χ1v) is 6.55. The zero-order valence-electron chi connectivity index (χ0n) is 11.7. The lowest BCUT2D eigenvalue weighted by molar-refractivity contribution is -0.155. The van der Waals surface area contributed by atoms with Crippen molar-refractivity contribution in [3.8, 4) is 5.88 Å². The fraction of sp³-hybridized carbons (Fsp3) is 0.462. The molecule has 1 aromatic heterocycles. The van der Waals surface area contributed by atoms with Gasteiger partial charge in [0.25, 0.3) is 5.91 Å². The Morgan fingerprint density at radius 3 is 2.74 bits per heavy atom. The summed E-state index contributed by atoms with van der Waals surface area (Å²) in [7, 11) is 0. The average Bonchev–Trinajstić information content (AvgIpc) is 2.52. The minimum atomic E-state index is -4.48. The lowest BCUT2D eigenvalue weighted by atomic mass is 10.2. The minimum absolute atomic E-state index is 0.0862. The van der Waals surface area contributed by atoms with Gasteiger partial charge in [-0.25, -0.2) is 9.78 Å². The number of nitrogens with zero attached hydrogens (tertiary/aromatic N) is 2. The predicted octanol–water partition coefficient (Wildman–Crippen LogP) is 0.948. The van der Waals surface area contributed by atoms with Gasteiger partial charge in [-0.05, 0) is 6.07 Å². The van der Waals surface area contributed by atoms with Crippen LogP contribution in [0.4, 0.5) is 13.2 Å². The fourth-order valence-corrected chi connectivity index (χ4v) is 1.91. The number of ether oxygens (including phenoxy) is 2. The summed E-state index contributed by atoms with van der Waals surface area (Å²) < 4.78 is 45.5. The molecule has 126 valence electrons. The molecule has 0 aliphatic carbocycles. The Labute approximate surface area is 128 Å². The summed E-state index contributed by atoms with van der Waals surface area (Å²) in [6.45, 7) is -1.28. The Bertz CT molecular complexity index is 576. The Balaban J connectivity index is 1.98. The SMILES string of the molecule is O=C(O)C1CN(C(=O)c2ccc(OCC(F)(F)F)nc2)CCO1. The van der Waals surface area contributed by atoms with Crippen molar-refractivity contribution in [3.63, 3.8) is 0 Å². The van der Waals surface area contributed by atoms with Gasteiger partial charge in [-0.2, -0.15) is 13.2 Å². The predicted molar refractivity (Wildman–Crippen MR) is 69.1 cm³/mol. The van der Waals surface area contributed by atoms with Gasteiger partial charge in [-0.3, -0.25) is 4.79 Å². The van der Waals surface area contributed by atoms with Crippen LogP contribution in [0.3, 0.4) is 0 Å². The van der Waals surface area contributed by atoms with Crippen molar-refractivity contribution in [1.82, 2.24) is 9.88 Å². The molecule has 1 aliphatic rings. The van der Waals surface area contributed by atoms with Gasteiger partial charge in [-0.1, -0.05) is 0 Å². The molecule has 1 atom stereocenters. The standard InChI is InChI=1S/C13H13F3N2O5/c14-13(15,16)7-23-10-2-1-8(5-17-10)11(19)18-3-4-22-9(6-18)12(20)21/h1-2,5,9H,3-4,6-7H2,(H,20,21). The van der Waals surface area contributed by atoms with Crippen LogP contribution < -0.4 is 4.74 Å². The molecule has 1 aromatic rings. The molecule has 1 amide bonds. The molecule has 0 bridgehead atoms. The second-order valence-electron chi connectivity index (χ2n) is 4.74. The number of carboxylic acid groups (broad SMARTS) is 1. The lowest BCUT2D eigenvalue weighted by Crippen LogP contribution is -2.48. The van der Waals surface area contributed by atoms with Crippen molar-refractivity contribution in [3.05, 3.63) is 23.9 Å². The molecule has 1 N–H and O–H groups in total. The molecular weight excluding hydrogens is 321 g/mol. The van der Waals surface area contributed by atoms with E-state index in [1.54, 1.807) is 0 Å². The van der Waals surface area contributed by atoms with Crippen molar-refractivity contribution < 1.29 is 37.3 Å². The molecule has 0 spiro atoms. The van der Waals surface area contributed by atoms with Crippen LogP contribution in [-0.4, -0.2) is 65.5 Å². The Morgan fingerprint density at radius 2 is 2.17 bits per heavy atom. The van der Waals surface area contributed by atoms with E-state index in [1.807, 2.05) is 0 Å². The van der Waals surface area contributed by atoms with Crippen molar-refractivity contribution in [2.45, 2.75) is 12.3 Å². The Morgan fingerprint density at radius 1 is 1.43 bits per heavy atom. The van der Waals surface area contributed by atoms with Crippen LogP contribution in [0.25, 0.3) is 0 Å². The number of alkyl halides is 3. The van der Waals surface area contributed by atoms with Crippen LogP contribution in [-0.2, 0) is 9.53 Å². The van der Waals surface area contributed by atoms with Gasteiger partial charge < -0.3 is 19.5 Å². The lowest BCUT2D eigenvalue weighted by Gasteiger charge is -2.30. The molecule has 1 fully saturated rings. The molecule has 23 heavy (non-hydrogen) atoms. The third-order valence-corrected chi connectivity index (χ3v) is 3.00. The summed E-state index contributed by atoms with van der Waals surface area (Å²) in [6.07, 6.45) is -4.50. The molecule has 1 aliphatic heterocycles. The van der Waals surface area contributed by atoms with E-state index in [0.29, 0.717) is 0 Å². The number of morpholine rings is 1. The molecule has 0 aromatic carbocycles.